The summed E-state index contributed by atoms with van der Waals surface area (Å²) in [5.41, 5.74) is 2.28. The largest absolute Gasteiger partial charge is 0.396 e. The highest BCUT2D eigenvalue weighted by Crippen LogP contribution is 2.15. The number of imidazole rings is 1. The molecule has 0 unspecified atom stereocenters. The number of amides is 2. The van der Waals surface area contributed by atoms with E-state index in [1.54, 1.807) is 17.4 Å². The fourth-order valence-corrected chi connectivity index (χ4v) is 3.04. The average Bonchev–Trinajstić information content (AvgIpc) is 3.14. The molecule has 24 heavy (non-hydrogen) atoms. The molecule has 2 aromatic rings. The lowest BCUT2D eigenvalue weighted by molar-refractivity contribution is 0.129. The van der Waals surface area contributed by atoms with E-state index in [0.717, 1.165) is 31.5 Å². The van der Waals surface area contributed by atoms with Crippen molar-refractivity contribution < 1.29 is 9.90 Å². The van der Waals surface area contributed by atoms with Gasteiger partial charge in [0.25, 0.3) is 0 Å². The Bertz CT molecular complexity index is 640. The van der Waals surface area contributed by atoms with E-state index in [0.29, 0.717) is 13.1 Å². The molecule has 3 rings (SSSR count). The van der Waals surface area contributed by atoms with Crippen LogP contribution < -0.4 is 5.32 Å². The van der Waals surface area contributed by atoms with E-state index in [1.807, 2.05) is 22.9 Å². The number of piperidine rings is 1. The molecule has 1 atom stereocenters. The number of carbonyl (C=O) groups excluding carboxylic acids is 1. The van der Waals surface area contributed by atoms with Crippen LogP contribution in [0.2, 0.25) is 0 Å². The van der Waals surface area contributed by atoms with Crippen LogP contribution in [0, 0.1) is 5.92 Å². The number of aliphatic hydroxyl groups is 1. The van der Waals surface area contributed by atoms with Gasteiger partial charge in [-0.15, -0.1) is 0 Å². The first-order valence-corrected chi connectivity index (χ1v) is 8.42. The number of aliphatic hydroxyl groups excluding tert-OH is 1. The number of aromatic nitrogens is 2. The molecule has 0 radical (unpaired) electrons. The maximum absolute atomic E-state index is 12.2. The standard InChI is InChI=1S/C18H24N4O2/c23-13-17-2-1-8-22(12-17)18(24)20-10-15-3-5-16(6-4-15)11-21-9-7-19-14-21/h3-7,9,14,17,23H,1-2,8,10-13H2,(H,20,24)/t17-/m1/s1. The van der Waals surface area contributed by atoms with Gasteiger partial charge in [0.15, 0.2) is 0 Å². The van der Waals surface area contributed by atoms with E-state index in [2.05, 4.69) is 22.4 Å². The van der Waals surface area contributed by atoms with Crippen molar-refractivity contribution in [1.29, 1.82) is 0 Å². The van der Waals surface area contributed by atoms with Gasteiger partial charge < -0.3 is 19.9 Å². The van der Waals surface area contributed by atoms with E-state index in [4.69, 9.17) is 0 Å². The second-order valence-electron chi connectivity index (χ2n) is 6.35. The predicted molar refractivity (Wildman–Crippen MR) is 91.4 cm³/mol. The summed E-state index contributed by atoms with van der Waals surface area (Å²) in [5, 5.41) is 12.2. The van der Waals surface area contributed by atoms with Gasteiger partial charge >= 0.3 is 6.03 Å². The number of hydrogen-bond acceptors (Lipinski definition) is 3. The van der Waals surface area contributed by atoms with Crippen LogP contribution in [0.25, 0.3) is 0 Å². The second kappa shape index (κ2) is 7.97. The monoisotopic (exact) mass is 328 g/mol. The molecule has 1 fully saturated rings. The summed E-state index contributed by atoms with van der Waals surface area (Å²) < 4.78 is 2.02. The summed E-state index contributed by atoms with van der Waals surface area (Å²) in [6.45, 7) is 2.88. The zero-order valence-corrected chi connectivity index (χ0v) is 13.8. The third-order valence-electron chi connectivity index (χ3n) is 4.46. The Kier molecular flexibility index (Phi) is 5.48. The number of carbonyl (C=O) groups is 1. The third kappa shape index (κ3) is 4.35. The fraction of sp³-hybridized carbons (Fsp3) is 0.444. The Morgan fingerprint density at radius 1 is 1.29 bits per heavy atom. The van der Waals surface area contributed by atoms with Crippen molar-refractivity contribution >= 4 is 6.03 Å². The number of nitrogens with zero attached hydrogens (tertiary/aromatic N) is 3. The van der Waals surface area contributed by atoms with Crippen LogP contribution in [-0.4, -0.2) is 45.3 Å². The summed E-state index contributed by atoms with van der Waals surface area (Å²) in [5.74, 6) is 0.215. The average molecular weight is 328 g/mol. The maximum atomic E-state index is 12.2. The molecular weight excluding hydrogens is 304 g/mol. The van der Waals surface area contributed by atoms with E-state index < -0.39 is 0 Å². The van der Waals surface area contributed by atoms with Gasteiger partial charge in [0.2, 0.25) is 0 Å². The summed E-state index contributed by atoms with van der Waals surface area (Å²) >= 11 is 0. The highest BCUT2D eigenvalue weighted by atomic mass is 16.3. The van der Waals surface area contributed by atoms with Gasteiger partial charge in [0.05, 0.1) is 6.33 Å². The Balaban J connectivity index is 1.48. The molecule has 1 aromatic heterocycles. The normalized spacial score (nSPS) is 17.7. The number of hydrogen-bond donors (Lipinski definition) is 2. The van der Waals surface area contributed by atoms with Crippen molar-refractivity contribution in [2.24, 2.45) is 5.92 Å². The first-order valence-electron chi connectivity index (χ1n) is 8.42. The van der Waals surface area contributed by atoms with Gasteiger partial charge in [0, 0.05) is 45.2 Å². The maximum Gasteiger partial charge on any atom is 0.317 e. The molecular formula is C18H24N4O2. The smallest absolute Gasteiger partial charge is 0.317 e. The Hall–Kier alpha value is -2.34. The number of benzene rings is 1. The summed E-state index contributed by atoms with van der Waals surface area (Å²) in [4.78, 5) is 18.1. The lowest BCUT2D eigenvalue weighted by Crippen LogP contribution is -2.45. The predicted octanol–water partition coefficient (Wildman–Crippen LogP) is 1.85. The van der Waals surface area contributed by atoms with E-state index in [9.17, 15) is 9.90 Å². The van der Waals surface area contributed by atoms with Gasteiger partial charge in [-0.25, -0.2) is 9.78 Å². The molecule has 0 bridgehead atoms. The van der Waals surface area contributed by atoms with Crippen molar-refractivity contribution in [3.63, 3.8) is 0 Å². The third-order valence-corrected chi connectivity index (χ3v) is 4.46. The van der Waals surface area contributed by atoms with Gasteiger partial charge in [-0.1, -0.05) is 24.3 Å². The summed E-state index contributed by atoms with van der Waals surface area (Å²) in [6.07, 6.45) is 7.46. The second-order valence-corrected chi connectivity index (χ2v) is 6.35. The zero-order chi connectivity index (χ0) is 16.8. The molecule has 0 aliphatic carbocycles. The minimum absolute atomic E-state index is 0.0457. The zero-order valence-electron chi connectivity index (χ0n) is 13.8. The number of nitrogens with one attached hydrogen (secondary N) is 1. The van der Waals surface area contributed by atoms with Crippen molar-refractivity contribution in [3.8, 4) is 0 Å². The van der Waals surface area contributed by atoms with Gasteiger partial charge in [-0.2, -0.15) is 0 Å². The molecule has 0 spiro atoms. The molecule has 6 nitrogen and oxygen atoms in total. The van der Waals surface area contributed by atoms with E-state index >= 15 is 0 Å². The van der Waals surface area contributed by atoms with Crippen LogP contribution in [0.4, 0.5) is 4.79 Å². The minimum Gasteiger partial charge on any atom is -0.396 e. The summed E-state index contributed by atoms with van der Waals surface area (Å²) in [7, 11) is 0. The van der Waals surface area contributed by atoms with Crippen molar-refractivity contribution in [2.45, 2.75) is 25.9 Å². The van der Waals surface area contributed by atoms with Crippen LogP contribution in [0.3, 0.4) is 0 Å². The molecule has 128 valence electrons. The van der Waals surface area contributed by atoms with Crippen LogP contribution in [-0.2, 0) is 13.1 Å². The lowest BCUT2D eigenvalue weighted by atomic mass is 9.99. The quantitative estimate of drug-likeness (QED) is 0.880. The van der Waals surface area contributed by atoms with Gasteiger partial charge in [-0.05, 0) is 29.9 Å². The summed E-state index contributed by atoms with van der Waals surface area (Å²) in [6, 6.07) is 8.18. The van der Waals surface area contributed by atoms with E-state index in [-0.39, 0.29) is 18.6 Å². The highest BCUT2D eigenvalue weighted by molar-refractivity contribution is 5.74. The molecule has 0 saturated carbocycles. The van der Waals surface area contributed by atoms with Gasteiger partial charge in [-0.3, -0.25) is 0 Å². The first-order chi connectivity index (χ1) is 11.7. The molecule has 1 aromatic carbocycles. The molecule has 2 amide bonds. The molecule has 6 heteroatoms. The lowest BCUT2D eigenvalue weighted by Gasteiger charge is -2.31. The Morgan fingerprint density at radius 2 is 2.08 bits per heavy atom. The van der Waals surface area contributed by atoms with Crippen molar-refractivity contribution in [3.05, 3.63) is 54.1 Å². The molecule has 2 heterocycles. The van der Waals surface area contributed by atoms with E-state index in [1.165, 1.54) is 5.56 Å². The molecule has 2 N–H and O–H groups in total. The molecule has 1 saturated heterocycles. The number of urea groups is 1. The van der Waals surface area contributed by atoms with Crippen molar-refractivity contribution in [1.82, 2.24) is 19.8 Å². The topological polar surface area (TPSA) is 70.4 Å². The van der Waals surface area contributed by atoms with Crippen LogP contribution in [0.5, 0.6) is 0 Å². The Labute approximate surface area is 142 Å². The van der Waals surface area contributed by atoms with Crippen LogP contribution in [0.15, 0.2) is 43.0 Å². The fourth-order valence-electron chi connectivity index (χ4n) is 3.04. The van der Waals surface area contributed by atoms with Crippen LogP contribution >= 0.6 is 0 Å². The van der Waals surface area contributed by atoms with Crippen LogP contribution in [0.1, 0.15) is 24.0 Å². The number of likely N-dealkylation sites (tertiary alicyclic amines) is 1. The SMILES string of the molecule is O=C(NCc1ccc(Cn2ccnc2)cc1)N1CCC[C@@H](CO)C1. The Morgan fingerprint density at radius 3 is 2.79 bits per heavy atom. The first kappa shape index (κ1) is 16.5. The molecule has 1 aliphatic rings. The minimum atomic E-state index is -0.0457. The number of rotatable bonds is 5. The molecule has 1 aliphatic heterocycles. The van der Waals surface area contributed by atoms with Crippen molar-refractivity contribution in [2.75, 3.05) is 19.7 Å². The van der Waals surface area contributed by atoms with Gasteiger partial charge in [0.1, 0.15) is 0 Å². The highest BCUT2D eigenvalue weighted by Gasteiger charge is 2.22.